The number of allylic oxidation sites excluding steroid dienone is 3. The van der Waals surface area contributed by atoms with E-state index in [1.807, 2.05) is 26.0 Å². The highest BCUT2D eigenvalue weighted by atomic mass is 16.6. The highest BCUT2D eigenvalue weighted by Crippen LogP contribution is 2.71. The molecule has 0 amide bonds. The smallest absolute Gasteiger partial charge is 0.159 e. The average Bonchev–Trinajstić information content (AvgIpc) is 3.91. The second kappa shape index (κ2) is 14.1. The lowest BCUT2D eigenvalue weighted by atomic mass is 9.42. The molecule has 54 heavy (non-hydrogen) atoms. The minimum Gasteiger partial charge on any atom is -0.396 e. The van der Waals surface area contributed by atoms with Gasteiger partial charge in [-0.2, -0.15) is 0 Å². The number of aryl methyl sites for hydroxylation is 1. The molecule has 4 fully saturated rings. The van der Waals surface area contributed by atoms with Gasteiger partial charge < -0.3 is 41.3 Å². The molecular formula is C45H66N2O7. The van der Waals surface area contributed by atoms with E-state index in [0.717, 1.165) is 30.4 Å². The van der Waals surface area contributed by atoms with Gasteiger partial charge in [0, 0.05) is 23.3 Å². The maximum Gasteiger partial charge on any atom is 0.159 e. The van der Waals surface area contributed by atoms with Gasteiger partial charge in [-0.15, -0.1) is 0 Å². The van der Waals surface area contributed by atoms with Crippen molar-refractivity contribution in [2.24, 2.45) is 45.7 Å². The first-order chi connectivity index (χ1) is 25.5. The van der Waals surface area contributed by atoms with Crippen LogP contribution in [0.4, 0.5) is 0 Å². The molecule has 1 aromatic carbocycles. The number of nitrogens with two attached hydrogens (primary N) is 1. The van der Waals surface area contributed by atoms with Gasteiger partial charge in [0.15, 0.2) is 5.78 Å². The summed E-state index contributed by atoms with van der Waals surface area (Å²) >= 11 is 0. The minimum absolute atomic E-state index is 0.0105. The maximum atomic E-state index is 14.1. The van der Waals surface area contributed by atoms with Crippen LogP contribution in [0.3, 0.4) is 0 Å². The Hall–Kier alpha value is -2.53. The normalized spacial score (nSPS) is 40.7. The number of aliphatic hydroxyl groups is 5. The van der Waals surface area contributed by atoms with Crippen molar-refractivity contribution < 1.29 is 35.1 Å². The fourth-order valence-corrected chi connectivity index (χ4v) is 12.6. The van der Waals surface area contributed by atoms with Crippen LogP contribution in [0.5, 0.6) is 0 Å². The fraction of sp³-hybridized carbons (Fsp3) is 0.711. The van der Waals surface area contributed by atoms with E-state index in [1.165, 1.54) is 5.56 Å². The van der Waals surface area contributed by atoms with E-state index in [1.54, 1.807) is 13.0 Å². The summed E-state index contributed by atoms with van der Waals surface area (Å²) < 4.78 is 6.44. The van der Waals surface area contributed by atoms with Crippen LogP contribution in [0, 0.1) is 39.9 Å². The van der Waals surface area contributed by atoms with Gasteiger partial charge in [0.2, 0.25) is 0 Å². The molecule has 4 aliphatic carbocycles. The molecule has 6 aliphatic rings. The number of carbonyl (C=O) groups excluding carboxylic acids is 1. The topological polar surface area (TPSA) is 169 Å². The van der Waals surface area contributed by atoms with Crippen molar-refractivity contribution in [1.82, 2.24) is 5.32 Å². The second-order valence-electron chi connectivity index (χ2n) is 19.2. The summed E-state index contributed by atoms with van der Waals surface area (Å²) in [4.78, 5) is 14.1. The van der Waals surface area contributed by atoms with Gasteiger partial charge in [-0.3, -0.25) is 4.79 Å². The standard InChI is InChI=1S/C45H66N2O7/c1-6-18-44(52,39-38(54-39)43(5,51)40(2,27-48)19-14-29-17-22-47-36(46)23-29)35-16-21-45(53)33-25-34(50)32-24-31(49)15-20-41(32,3)37(33)30(26-42(35,45)4)13-12-28-10-8-7-9-11-28/h7-11,17,23,25,30-32,35,37-39,47-49,51-53H,6,12-16,18-22,24,26-27,46H2,1-5H3/t30-,31-,32-,35-,37-,38-,39-,40-,41-,42+,43-,44+,45+/m0/s1. The summed E-state index contributed by atoms with van der Waals surface area (Å²) in [6.07, 6.45) is 11.4. The van der Waals surface area contributed by atoms with Crippen LogP contribution in [0.1, 0.15) is 111 Å². The summed E-state index contributed by atoms with van der Waals surface area (Å²) in [5, 5.41) is 63.3. The molecule has 0 radical (unpaired) electrons. The quantitative estimate of drug-likeness (QED) is 0.134. The van der Waals surface area contributed by atoms with E-state index in [2.05, 4.69) is 49.5 Å². The van der Waals surface area contributed by atoms with Crippen LogP contribution in [-0.4, -0.2) is 79.6 Å². The summed E-state index contributed by atoms with van der Waals surface area (Å²) in [7, 11) is 0. The zero-order valence-corrected chi connectivity index (χ0v) is 33.2. The SMILES string of the molecule is CCC[C@@](O)([C@H]1CC[C@@]2(O)C3=CC(=O)[C@@H]4C[C@@H](O)CC[C@]4(C)[C@H]3[C@@H](CCc3ccccc3)C[C@]12C)[C@H]1O[C@@H]1[C@](C)(O)[C@](C)(CO)CCC1=CCNC(N)=C1. The van der Waals surface area contributed by atoms with Gasteiger partial charge in [-0.1, -0.05) is 70.5 Å². The average molecular weight is 747 g/mol. The molecule has 0 spiro atoms. The van der Waals surface area contributed by atoms with Crippen molar-refractivity contribution in [3.05, 3.63) is 71.1 Å². The van der Waals surface area contributed by atoms with Crippen LogP contribution in [-0.2, 0) is 16.0 Å². The Bertz CT molecular complexity index is 1670. The Labute approximate surface area is 322 Å². The first-order valence-electron chi connectivity index (χ1n) is 20.8. The molecule has 0 bridgehead atoms. The molecule has 2 heterocycles. The van der Waals surface area contributed by atoms with Crippen molar-refractivity contribution in [1.29, 1.82) is 0 Å². The Kier molecular flexibility index (Phi) is 10.4. The van der Waals surface area contributed by atoms with Gasteiger partial charge >= 0.3 is 0 Å². The third kappa shape index (κ3) is 6.24. The van der Waals surface area contributed by atoms with Gasteiger partial charge in [0.1, 0.15) is 12.2 Å². The monoisotopic (exact) mass is 746 g/mol. The zero-order valence-electron chi connectivity index (χ0n) is 33.2. The van der Waals surface area contributed by atoms with Crippen LogP contribution in [0.15, 0.2) is 65.5 Å². The minimum atomic E-state index is -1.46. The lowest BCUT2D eigenvalue weighted by molar-refractivity contribution is -0.170. The summed E-state index contributed by atoms with van der Waals surface area (Å²) in [5.74, 6) is 0.111. The second-order valence-corrected chi connectivity index (χ2v) is 19.2. The fourth-order valence-electron chi connectivity index (χ4n) is 12.6. The Morgan fingerprint density at radius 3 is 2.44 bits per heavy atom. The van der Waals surface area contributed by atoms with E-state index in [-0.39, 0.29) is 41.5 Å². The van der Waals surface area contributed by atoms with Crippen LogP contribution >= 0.6 is 0 Å². The third-order valence-corrected chi connectivity index (χ3v) is 16.1. The molecule has 1 aromatic rings. The number of nitrogens with one attached hydrogen (secondary N) is 1. The van der Waals surface area contributed by atoms with E-state index in [0.29, 0.717) is 70.2 Å². The predicted octanol–water partition coefficient (Wildman–Crippen LogP) is 5.24. The van der Waals surface area contributed by atoms with E-state index < -0.39 is 45.9 Å². The molecule has 9 nitrogen and oxygen atoms in total. The number of carbonyl (C=O) groups is 1. The maximum absolute atomic E-state index is 14.1. The molecule has 9 heteroatoms. The molecule has 13 atom stereocenters. The molecule has 1 saturated heterocycles. The van der Waals surface area contributed by atoms with Crippen molar-refractivity contribution in [3.8, 4) is 0 Å². The summed E-state index contributed by atoms with van der Waals surface area (Å²) in [5.41, 5.74) is 2.97. The lowest BCUT2D eigenvalue weighted by Gasteiger charge is -2.63. The number of ketones is 1. The zero-order chi connectivity index (χ0) is 38.9. The number of hydrogen-bond acceptors (Lipinski definition) is 9. The molecule has 2 aliphatic heterocycles. The molecule has 7 rings (SSSR count). The molecule has 298 valence electrons. The predicted molar refractivity (Wildman–Crippen MR) is 209 cm³/mol. The van der Waals surface area contributed by atoms with Gasteiger partial charge in [0.05, 0.1) is 35.3 Å². The van der Waals surface area contributed by atoms with Crippen LogP contribution in [0.2, 0.25) is 0 Å². The number of epoxide rings is 1. The Morgan fingerprint density at radius 2 is 1.76 bits per heavy atom. The van der Waals surface area contributed by atoms with Crippen LogP contribution in [0.25, 0.3) is 0 Å². The Balaban J connectivity index is 1.22. The summed E-state index contributed by atoms with van der Waals surface area (Å²) in [6, 6.07) is 10.5. The third-order valence-electron chi connectivity index (χ3n) is 16.1. The highest BCUT2D eigenvalue weighted by Gasteiger charge is 2.74. The molecule has 0 unspecified atom stereocenters. The molecule has 8 N–H and O–H groups in total. The molecule has 0 aromatic heterocycles. The molecular weight excluding hydrogens is 681 g/mol. The number of ether oxygens (including phenoxy) is 1. The van der Waals surface area contributed by atoms with Crippen molar-refractivity contribution in [2.45, 2.75) is 147 Å². The van der Waals surface area contributed by atoms with E-state index >= 15 is 0 Å². The van der Waals surface area contributed by atoms with Gasteiger partial charge in [-0.25, -0.2) is 0 Å². The van der Waals surface area contributed by atoms with Gasteiger partial charge in [0.25, 0.3) is 0 Å². The number of dihydropyridines is 1. The first-order valence-corrected chi connectivity index (χ1v) is 20.8. The summed E-state index contributed by atoms with van der Waals surface area (Å²) in [6.45, 7) is 10.4. The van der Waals surface area contributed by atoms with Crippen molar-refractivity contribution >= 4 is 5.78 Å². The number of aliphatic hydroxyl groups excluding tert-OH is 2. The number of rotatable bonds is 13. The number of hydrogen-bond donors (Lipinski definition) is 7. The number of benzene rings is 1. The lowest BCUT2D eigenvalue weighted by Crippen LogP contribution is -2.64. The first kappa shape index (κ1) is 39.7. The number of fused-ring (bicyclic) bond motifs is 5. The largest absolute Gasteiger partial charge is 0.396 e. The molecule has 3 saturated carbocycles. The van der Waals surface area contributed by atoms with E-state index in [9.17, 15) is 30.3 Å². The highest BCUT2D eigenvalue weighted by molar-refractivity contribution is 5.95. The van der Waals surface area contributed by atoms with Crippen molar-refractivity contribution in [2.75, 3.05) is 13.2 Å². The Morgan fingerprint density at radius 1 is 1.02 bits per heavy atom. The van der Waals surface area contributed by atoms with Gasteiger partial charge in [-0.05, 0) is 130 Å². The van der Waals surface area contributed by atoms with Crippen molar-refractivity contribution in [3.63, 3.8) is 0 Å². The van der Waals surface area contributed by atoms with Crippen LogP contribution < -0.4 is 11.1 Å². The van der Waals surface area contributed by atoms with E-state index in [4.69, 9.17) is 10.5 Å².